The molecule has 0 aliphatic rings. The molecule has 34 heavy (non-hydrogen) atoms. The van der Waals surface area contributed by atoms with E-state index in [1.165, 1.54) is 4.90 Å². The van der Waals surface area contributed by atoms with Crippen LogP contribution in [-0.4, -0.2) is 70.7 Å². The Morgan fingerprint density at radius 2 is 1.44 bits per heavy atom. The Kier molecular flexibility index (Phi) is 12.3. The van der Waals surface area contributed by atoms with Crippen LogP contribution in [0.2, 0.25) is 29.7 Å². The van der Waals surface area contributed by atoms with Gasteiger partial charge in [0.1, 0.15) is 11.6 Å². The molecule has 0 aromatic heterocycles. The fraction of sp³-hybridized carbons (Fsp3) is 0.840. The van der Waals surface area contributed by atoms with Crippen LogP contribution in [-0.2, 0) is 14.0 Å². The summed E-state index contributed by atoms with van der Waals surface area (Å²) >= 11 is 0. The Morgan fingerprint density at radius 1 is 1.00 bits per heavy atom. The Hall–Kier alpha value is -1.17. The van der Waals surface area contributed by atoms with Crippen LogP contribution in [0.15, 0.2) is 11.8 Å². The molecule has 0 fully saturated rings. The molecule has 2 amide bonds. The second-order valence-electron chi connectivity index (χ2n) is 12.0. The van der Waals surface area contributed by atoms with Crippen molar-refractivity contribution in [1.82, 2.24) is 10.2 Å². The average molecular weight is 517 g/mol. The van der Waals surface area contributed by atoms with Crippen molar-refractivity contribution in [2.75, 3.05) is 20.7 Å². The summed E-state index contributed by atoms with van der Waals surface area (Å²) in [6, 6.07) is -0.909. The number of rotatable bonds is 12. The Morgan fingerprint density at radius 3 is 1.76 bits per heavy atom. The van der Waals surface area contributed by atoms with E-state index in [0.717, 1.165) is 0 Å². The van der Waals surface area contributed by atoms with Gasteiger partial charge in [-0.25, -0.2) is 4.79 Å². The van der Waals surface area contributed by atoms with Crippen molar-refractivity contribution in [3.63, 3.8) is 0 Å². The minimum absolute atomic E-state index is 0.268. The van der Waals surface area contributed by atoms with Gasteiger partial charge in [0.2, 0.25) is 14.2 Å². The van der Waals surface area contributed by atoms with Crippen LogP contribution in [0.5, 0.6) is 0 Å². The molecule has 2 N–H and O–H groups in total. The van der Waals surface area contributed by atoms with E-state index < -0.39 is 40.3 Å². The van der Waals surface area contributed by atoms with Crippen LogP contribution in [0.3, 0.4) is 0 Å². The molecule has 0 aromatic rings. The monoisotopic (exact) mass is 516 g/mol. The lowest BCUT2D eigenvalue weighted by Crippen LogP contribution is -2.54. The van der Waals surface area contributed by atoms with Gasteiger partial charge >= 0.3 is 6.09 Å². The zero-order valence-corrected chi connectivity index (χ0v) is 26.0. The third-order valence-electron chi connectivity index (χ3n) is 6.50. The third kappa shape index (κ3) is 9.13. The van der Waals surface area contributed by atoms with Crippen molar-refractivity contribution in [3.8, 4) is 0 Å². The smallest absolute Gasteiger partial charge is 0.408 e. The molecule has 0 saturated heterocycles. The highest BCUT2D eigenvalue weighted by atomic mass is 28.4. The zero-order valence-electron chi connectivity index (χ0n) is 24.0. The SMILES string of the molecule is C=C([C@H](CCO[Si](C(C)C)(C(C)C)C(C)C)[C@H](NC(=O)OC(C)(C)C)C(=O)N(C)C)[Si](C)(C)O. The summed E-state index contributed by atoms with van der Waals surface area (Å²) in [6.07, 6.45) is -0.198. The molecule has 0 aliphatic carbocycles. The maximum absolute atomic E-state index is 13.2. The van der Waals surface area contributed by atoms with Crippen LogP contribution in [0, 0.1) is 5.92 Å². The van der Waals surface area contributed by atoms with Crippen molar-refractivity contribution >= 4 is 28.6 Å². The van der Waals surface area contributed by atoms with Crippen molar-refractivity contribution in [2.45, 2.75) is 110 Å². The lowest BCUT2D eigenvalue weighted by molar-refractivity contribution is -0.132. The topological polar surface area (TPSA) is 88.1 Å². The number of carbonyl (C=O) groups is 2. The van der Waals surface area contributed by atoms with Crippen LogP contribution >= 0.6 is 0 Å². The number of nitrogens with zero attached hydrogens (tertiary/aromatic N) is 1. The van der Waals surface area contributed by atoms with Crippen molar-refractivity contribution in [1.29, 1.82) is 0 Å². The molecular weight excluding hydrogens is 464 g/mol. The normalized spacial score (nSPS) is 14.9. The summed E-state index contributed by atoms with van der Waals surface area (Å²) in [7, 11) is -1.64. The number of hydrogen-bond donors (Lipinski definition) is 2. The summed E-state index contributed by atoms with van der Waals surface area (Å²) in [5, 5.41) is 3.39. The number of alkyl carbamates (subject to hydrolysis) is 1. The summed E-state index contributed by atoms with van der Waals surface area (Å²) in [6.45, 7) is 26.9. The molecule has 200 valence electrons. The molecule has 2 atom stereocenters. The lowest BCUT2D eigenvalue weighted by Gasteiger charge is -2.43. The van der Waals surface area contributed by atoms with Crippen LogP contribution in [0.4, 0.5) is 4.79 Å². The second-order valence-corrected chi connectivity index (χ2v) is 21.2. The van der Waals surface area contributed by atoms with E-state index in [1.54, 1.807) is 48.0 Å². The van der Waals surface area contributed by atoms with Crippen molar-refractivity contribution < 1.29 is 23.5 Å². The van der Waals surface area contributed by atoms with Gasteiger partial charge in [-0.15, -0.1) is 6.58 Å². The van der Waals surface area contributed by atoms with Crippen molar-refractivity contribution in [3.05, 3.63) is 11.8 Å². The Bertz CT molecular complexity index is 673. The predicted octanol–water partition coefficient (Wildman–Crippen LogP) is 5.46. The molecule has 7 nitrogen and oxygen atoms in total. The first-order valence-corrected chi connectivity index (χ1v) is 17.5. The fourth-order valence-electron chi connectivity index (χ4n) is 4.91. The number of likely N-dealkylation sites (N-methyl/N-ethyl adjacent to an activating group) is 1. The Labute approximate surface area is 210 Å². The van der Waals surface area contributed by atoms with Gasteiger partial charge < -0.3 is 24.2 Å². The van der Waals surface area contributed by atoms with Gasteiger partial charge in [0.05, 0.1) is 0 Å². The molecule has 0 heterocycles. The molecule has 0 spiro atoms. The maximum Gasteiger partial charge on any atom is 0.408 e. The molecule has 0 aliphatic heterocycles. The van der Waals surface area contributed by atoms with Gasteiger partial charge in [0.15, 0.2) is 8.32 Å². The van der Waals surface area contributed by atoms with Crippen LogP contribution in [0.1, 0.15) is 68.7 Å². The number of hydrogen-bond acceptors (Lipinski definition) is 5. The first kappa shape index (κ1) is 32.8. The number of carbonyl (C=O) groups excluding carboxylic acids is 2. The summed E-state index contributed by atoms with van der Waals surface area (Å²) < 4.78 is 12.2. The van der Waals surface area contributed by atoms with Gasteiger partial charge in [-0.1, -0.05) is 46.7 Å². The number of amides is 2. The highest BCUT2D eigenvalue weighted by Crippen LogP contribution is 2.42. The second kappa shape index (κ2) is 12.7. The lowest BCUT2D eigenvalue weighted by atomic mass is 9.95. The zero-order chi connectivity index (χ0) is 27.2. The first-order valence-electron chi connectivity index (χ1n) is 12.4. The molecule has 9 heteroatoms. The maximum atomic E-state index is 13.2. The number of nitrogens with one attached hydrogen (secondary N) is 1. The molecule has 0 unspecified atom stereocenters. The standard InChI is InChI=1S/C25H52N2O5Si2/c1-17(2)34(18(3)4,19(5)6)31-16-15-21(20(7)33(13,14)30)22(23(28)27(11)12)26-24(29)32-25(8,9)10/h17-19,21-22,30H,7,15-16H2,1-6,8-14H3,(H,26,29)/t21-,22-/m0/s1. The molecular formula is C25H52N2O5Si2. The van der Waals surface area contributed by atoms with E-state index in [2.05, 4.69) is 53.4 Å². The van der Waals surface area contributed by atoms with E-state index in [0.29, 0.717) is 34.8 Å². The molecule has 0 aromatic carbocycles. The third-order valence-corrected chi connectivity index (χ3v) is 14.6. The van der Waals surface area contributed by atoms with Crippen molar-refractivity contribution in [2.24, 2.45) is 5.92 Å². The van der Waals surface area contributed by atoms with Gasteiger partial charge in [0.25, 0.3) is 0 Å². The van der Waals surface area contributed by atoms with Gasteiger partial charge in [-0.05, 0) is 56.9 Å². The molecule has 0 rings (SSSR count). The molecule has 0 radical (unpaired) electrons. The quantitative estimate of drug-likeness (QED) is 0.336. The average Bonchev–Trinajstić information content (AvgIpc) is 2.62. The summed E-state index contributed by atoms with van der Waals surface area (Å²) in [4.78, 5) is 38.2. The van der Waals surface area contributed by atoms with Gasteiger partial charge in [-0.2, -0.15) is 0 Å². The van der Waals surface area contributed by atoms with Crippen LogP contribution in [0.25, 0.3) is 0 Å². The van der Waals surface area contributed by atoms with Gasteiger partial charge in [0, 0.05) is 26.6 Å². The minimum Gasteiger partial charge on any atom is -0.444 e. The van der Waals surface area contributed by atoms with Gasteiger partial charge in [-0.3, -0.25) is 4.79 Å². The number of ether oxygens (including phenoxy) is 1. The molecule has 0 bridgehead atoms. The Balaban J connectivity index is 6.15. The fourth-order valence-corrected chi connectivity index (χ4v) is 11.6. The highest BCUT2D eigenvalue weighted by Gasteiger charge is 2.46. The van der Waals surface area contributed by atoms with E-state index in [1.807, 2.05) is 0 Å². The molecule has 0 saturated carbocycles. The van der Waals surface area contributed by atoms with E-state index in [-0.39, 0.29) is 5.91 Å². The van der Waals surface area contributed by atoms with E-state index in [9.17, 15) is 14.4 Å². The largest absolute Gasteiger partial charge is 0.444 e. The predicted molar refractivity (Wildman–Crippen MR) is 146 cm³/mol. The highest BCUT2D eigenvalue weighted by molar-refractivity contribution is 6.78. The summed E-state index contributed by atoms with van der Waals surface area (Å²) in [5.74, 6) is -0.748. The van der Waals surface area contributed by atoms with Crippen LogP contribution < -0.4 is 5.32 Å². The minimum atomic E-state index is -2.83. The van der Waals surface area contributed by atoms with E-state index in [4.69, 9.17) is 9.16 Å². The van der Waals surface area contributed by atoms with E-state index >= 15 is 0 Å². The first-order chi connectivity index (χ1) is 15.2. The summed E-state index contributed by atoms with van der Waals surface area (Å²) in [5.41, 5.74) is 0.582.